The molecule has 20 heavy (non-hydrogen) atoms. The first kappa shape index (κ1) is 16.1. The molecule has 0 aliphatic rings. The van der Waals surface area contributed by atoms with Gasteiger partial charge in [-0.15, -0.1) is 0 Å². The number of carbonyl (C=O) groups excluding carboxylic acids is 1. The Kier molecular flexibility index (Phi) is 6.15. The molecule has 0 aliphatic carbocycles. The van der Waals surface area contributed by atoms with Crippen LogP contribution in [-0.4, -0.2) is 24.6 Å². The van der Waals surface area contributed by atoms with Gasteiger partial charge < -0.3 is 4.74 Å². The van der Waals surface area contributed by atoms with E-state index < -0.39 is 11.7 Å². The summed E-state index contributed by atoms with van der Waals surface area (Å²) in [4.78, 5) is 16.3. The first-order valence-corrected chi connectivity index (χ1v) is 6.71. The highest BCUT2D eigenvalue weighted by molar-refractivity contribution is 6.04. The fourth-order valence-corrected chi connectivity index (χ4v) is 1.38. The second-order valence-electron chi connectivity index (χ2n) is 4.82. The van der Waals surface area contributed by atoms with Crippen molar-refractivity contribution in [2.75, 3.05) is 6.61 Å². The van der Waals surface area contributed by atoms with Gasteiger partial charge >= 0.3 is 0 Å². The zero-order chi connectivity index (χ0) is 15.1. The minimum Gasteiger partial charge on any atom is -0.465 e. The average Bonchev–Trinajstić information content (AvgIpc) is 2.38. The largest absolute Gasteiger partial charge is 0.465 e. The molecule has 1 rings (SSSR count). The van der Waals surface area contributed by atoms with Gasteiger partial charge in [-0.25, -0.2) is 9.38 Å². The van der Waals surface area contributed by atoms with Crippen LogP contribution in [0.15, 0.2) is 29.3 Å². The normalized spacial score (nSPS) is 13.2. The van der Waals surface area contributed by atoms with Crippen LogP contribution >= 0.6 is 0 Å². The van der Waals surface area contributed by atoms with Crippen molar-refractivity contribution in [2.45, 2.75) is 33.7 Å². The molecule has 1 aromatic rings. The Morgan fingerprint density at radius 2 is 2.10 bits per heavy atom. The third-order valence-electron chi connectivity index (χ3n) is 2.87. The summed E-state index contributed by atoms with van der Waals surface area (Å²) in [5.74, 6) is -0.563. The van der Waals surface area contributed by atoms with E-state index in [0.29, 0.717) is 12.5 Å². The van der Waals surface area contributed by atoms with Crippen LogP contribution in [0.4, 0.5) is 4.39 Å². The molecule has 0 fully saturated rings. The van der Waals surface area contributed by atoms with E-state index in [2.05, 4.69) is 10.3 Å². The van der Waals surface area contributed by atoms with Gasteiger partial charge in [-0.3, -0.25) is 10.1 Å². The second-order valence-corrected chi connectivity index (χ2v) is 4.82. The highest BCUT2D eigenvalue weighted by atomic mass is 19.1. The average molecular weight is 280 g/mol. The van der Waals surface area contributed by atoms with Gasteiger partial charge in [0.2, 0.25) is 0 Å². The monoisotopic (exact) mass is 280 g/mol. The van der Waals surface area contributed by atoms with Gasteiger partial charge in [-0.1, -0.05) is 19.9 Å². The third-order valence-corrected chi connectivity index (χ3v) is 2.87. The summed E-state index contributed by atoms with van der Waals surface area (Å²) >= 11 is 0. The van der Waals surface area contributed by atoms with E-state index in [-0.39, 0.29) is 17.6 Å². The summed E-state index contributed by atoms with van der Waals surface area (Å²) in [5.41, 5.74) is 0.231. The number of amides is 1. The summed E-state index contributed by atoms with van der Waals surface area (Å²) in [6, 6.07) is 5.67. The smallest absolute Gasteiger partial charge is 0.291 e. The predicted molar refractivity (Wildman–Crippen MR) is 77.2 cm³/mol. The number of benzene rings is 1. The van der Waals surface area contributed by atoms with Crippen LogP contribution < -0.4 is 5.32 Å². The summed E-state index contributed by atoms with van der Waals surface area (Å²) < 4.78 is 18.4. The molecule has 0 spiro atoms. The van der Waals surface area contributed by atoms with Crippen LogP contribution in [-0.2, 0) is 4.74 Å². The van der Waals surface area contributed by atoms with Crippen LogP contribution in [0.1, 0.15) is 38.1 Å². The van der Waals surface area contributed by atoms with Crippen molar-refractivity contribution in [3.63, 3.8) is 0 Å². The molecule has 4 nitrogen and oxygen atoms in total. The molecule has 1 atom stereocenters. The molecule has 0 aromatic heterocycles. The maximum atomic E-state index is 13.1. The fourth-order valence-electron chi connectivity index (χ4n) is 1.38. The fraction of sp³-hybridized carbons (Fsp3) is 0.467. The summed E-state index contributed by atoms with van der Waals surface area (Å²) in [6.07, 6.45) is 0. The number of ether oxygens (including phenoxy) is 1. The van der Waals surface area contributed by atoms with Crippen LogP contribution in [0.3, 0.4) is 0 Å². The van der Waals surface area contributed by atoms with Gasteiger partial charge in [-0.2, -0.15) is 0 Å². The van der Waals surface area contributed by atoms with Crippen molar-refractivity contribution >= 4 is 11.9 Å². The highest BCUT2D eigenvalue weighted by Crippen LogP contribution is 2.06. The topological polar surface area (TPSA) is 50.7 Å². The van der Waals surface area contributed by atoms with Crippen molar-refractivity contribution in [2.24, 2.45) is 10.9 Å². The number of rotatable bonds is 4. The molecule has 0 aliphatic heterocycles. The maximum Gasteiger partial charge on any atom is 0.291 e. The summed E-state index contributed by atoms with van der Waals surface area (Å²) in [6.45, 7) is 8.22. The number of halogens is 1. The number of amidine groups is 1. The Morgan fingerprint density at radius 1 is 1.40 bits per heavy atom. The molecule has 0 heterocycles. The van der Waals surface area contributed by atoms with Crippen LogP contribution in [0.5, 0.6) is 0 Å². The van der Waals surface area contributed by atoms with E-state index in [1.807, 2.05) is 27.7 Å². The van der Waals surface area contributed by atoms with Gasteiger partial charge in [-0.05, 0) is 38.0 Å². The Hall–Kier alpha value is -1.91. The van der Waals surface area contributed by atoms with Gasteiger partial charge in [0.15, 0.2) is 0 Å². The zero-order valence-corrected chi connectivity index (χ0v) is 12.3. The van der Waals surface area contributed by atoms with Crippen molar-refractivity contribution in [3.05, 3.63) is 35.6 Å². The number of hydrogen-bond acceptors (Lipinski definition) is 3. The minimum absolute atomic E-state index is 0.0179. The standard InChI is InChI=1S/C15H21FN2O2/c1-5-20-15(17-11(4)10(2)3)18-14(19)12-7-6-8-13(16)9-12/h6-11H,5H2,1-4H3,(H,17,18,19)/t11-/m0/s1. The molecular formula is C15H21FN2O2. The lowest BCUT2D eigenvalue weighted by Crippen LogP contribution is -2.34. The van der Waals surface area contributed by atoms with E-state index in [1.54, 1.807) is 0 Å². The lowest BCUT2D eigenvalue weighted by atomic mass is 10.1. The molecule has 0 saturated heterocycles. The molecular weight excluding hydrogens is 259 g/mol. The van der Waals surface area contributed by atoms with Crippen molar-refractivity contribution in [1.82, 2.24) is 5.32 Å². The van der Waals surface area contributed by atoms with E-state index in [9.17, 15) is 9.18 Å². The highest BCUT2D eigenvalue weighted by Gasteiger charge is 2.13. The molecule has 110 valence electrons. The molecule has 1 N–H and O–H groups in total. The van der Waals surface area contributed by atoms with E-state index in [0.717, 1.165) is 0 Å². The summed E-state index contributed by atoms with van der Waals surface area (Å²) in [7, 11) is 0. The number of aliphatic imine (C=N–C) groups is 1. The van der Waals surface area contributed by atoms with Gasteiger partial charge in [0.05, 0.1) is 12.6 Å². The first-order chi connectivity index (χ1) is 9.43. The van der Waals surface area contributed by atoms with Crippen molar-refractivity contribution in [1.29, 1.82) is 0 Å². The van der Waals surface area contributed by atoms with Gasteiger partial charge in [0, 0.05) is 5.56 Å². The van der Waals surface area contributed by atoms with Gasteiger partial charge in [0.1, 0.15) is 5.82 Å². The Balaban J connectivity index is 2.82. The van der Waals surface area contributed by atoms with Crippen LogP contribution in [0.25, 0.3) is 0 Å². The molecule has 0 bridgehead atoms. The Bertz CT molecular complexity index is 487. The van der Waals surface area contributed by atoms with Crippen molar-refractivity contribution in [3.8, 4) is 0 Å². The maximum absolute atomic E-state index is 13.1. The van der Waals surface area contributed by atoms with E-state index in [1.165, 1.54) is 24.3 Å². The number of hydrogen-bond donors (Lipinski definition) is 1. The molecule has 0 unspecified atom stereocenters. The quantitative estimate of drug-likeness (QED) is 0.681. The lowest BCUT2D eigenvalue weighted by molar-refractivity contribution is 0.0965. The van der Waals surface area contributed by atoms with Gasteiger partial charge in [0.25, 0.3) is 11.9 Å². The van der Waals surface area contributed by atoms with E-state index >= 15 is 0 Å². The molecule has 0 saturated carbocycles. The number of carbonyl (C=O) groups is 1. The van der Waals surface area contributed by atoms with Crippen LogP contribution in [0.2, 0.25) is 0 Å². The second kappa shape index (κ2) is 7.62. The van der Waals surface area contributed by atoms with Crippen molar-refractivity contribution < 1.29 is 13.9 Å². The zero-order valence-electron chi connectivity index (χ0n) is 12.3. The molecule has 5 heteroatoms. The molecule has 1 amide bonds. The SMILES string of the molecule is CCOC(=N[C@@H](C)C(C)C)NC(=O)c1cccc(F)c1. The van der Waals surface area contributed by atoms with Crippen LogP contribution in [0, 0.1) is 11.7 Å². The summed E-state index contributed by atoms with van der Waals surface area (Å²) in [5, 5.41) is 2.57. The first-order valence-electron chi connectivity index (χ1n) is 6.71. The lowest BCUT2D eigenvalue weighted by Gasteiger charge is -2.14. The predicted octanol–water partition coefficient (Wildman–Crippen LogP) is 2.99. The number of nitrogens with zero attached hydrogens (tertiary/aromatic N) is 1. The third kappa shape index (κ3) is 4.99. The molecule has 1 aromatic carbocycles. The molecule has 0 radical (unpaired) electrons. The Labute approximate surface area is 119 Å². The Morgan fingerprint density at radius 3 is 2.65 bits per heavy atom. The minimum atomic E-state index is -0.455. The van der Waals surface area contributed by atoms with E-state index in [4.69, 9.17) is 4.74 Å². The number of nitrogens with one attached hydrogen (secondary N) is 1.